The summed E-state index contributed by atoms with van der Waals surface area (Å²) < 4.78 is 28.2. The summed E-state index contributed by atoms with van der Waals surface area (Å²) in [5.41, 5.74) is 0.674. The molecule has 0 saturated carbocycles. The number of halogens is 1. The van der Waals surface area contributed by atoms with Crippen LogP contribution in [0.2, 0.25) is 0 Å². The summed E-state index contributed by atoms with van der Waals surface area (Å²) in [6, 6.07) is 8.51. The van der Waals surface area contributed by atoms with Crippen LogP contribution in [0.5, 0.6) is 6.01 Å². The molecule has 1 aromatic carbocycles. The van der Waals surface area contributed by atoms with Crippen LogP contribution in [0.4, 0.5) is 26.5 Å². The first kappa shape index (κ1) is 28.3. The van der Waals surface area contributed by atoms with Gasteiger partial charge < -0.3 is 29.8 Å². The zero-order chi connectivity index (χ0) is 30.3. The van der Waals surface area contributed by atoms with E-state index in [4.69, 9.17) is 9.47 Å². The van der Waals surface area contributed by atoms with Crippen molar-refractivity contribution in [1.82, 2.24) is 24.8 Å². The monoisotopic (exact) mass is 594 g/mol. The predicted octanol–water partition coefficient (Wildman–Crippen LogP) is 2.77. The van der Waals surface area contributed by atoms with E-state index < -0.39 is 28.7 Å². The van der Waals surface area contributed by atoms with Gasteiger partial charge in [0.1, 0.15) is 23.9 Å². The minimum atomic E-state index is -0.660. The Labute approximate surface area is 246 Å². The zero-order valence-electron chi connectivity index (χ0n) is 23.7. The fourth-order valence-corrected chi connectivity index (χ4v) is 5.73. The van der Waals surface area contributed by atoms with Crippen molar-refractivity contribution < 1.29 is 28.4 Å². The second-order valence-electron chi connectivity index (χ2n) is 11.0. The molecule has 2 fully saturated rings. The van der Waals surface area contributed by atoms with Gasteiger partial charge in [-0.05, 0) is 48.6 Å². The number of imidazole rings is 1. The molecule has 3 aliphatic rings. The van der Waals surface area contributed by atoms with Crippen LogP contribution in [0.25, 0.3) is 11.1 Å². The van der Waals surface area contributed by atoms with Gasteiger partial charge in [-0.3, -0.25) is 19.2 Å². The zero-order valence-corrected chi connectivity index (χ0v) is 23.7. The van der Waals surface area contributed by atoms with E-state index in [0.29, 0.717) is 36.4 Å². The number of hydrogen-bond acceptors (Lipinski definition) is 10. The van der Waals surface area contributed by atoms with E-state index in [0.717, 1.165) is 25.3 Å². The maximum atomic E-state index is 15.2. The fourth-order valence-electron chi connectivity index (χ4n) is 5.73. The van der Waals surface area contributed by atoms with Gasteiger partial charge >= 0.3 is 17.9 Å². The lowest BCUT2D eigenvalue weighted by atomic mass is 10.1. The average molecular weight is 595 g/mol. The highest BCUT2D eigenvalue weighted by Crippen LogP contribution is 2.34. The fraction of sp³-hybridized carbons (Fsp3) is 0.429. The lowest BCUT2D eigenvalue weighted by Gasteiger charge is -2.35. The topological polar surface area (TPSA) is 148 Å². The van der Waals surface area contributed by atoms with Crippen molar-refractivity contribution in [3.8, 4) is 17.1 Å². The molecule has 0 bridgehead atoms. The molecule has 43 heavy (non-hydrogen) atoms. The Morgan fingerprint density at radius 2 is 2.07 bits per heavy atom. The van der Waals surface area contributed by atoms with Gasteiger partial charge in [0.05, 0.1) is 25.3 Å². The summed E-state index contributed by atoms with van der Waals surface area (Å²) in [7, 11) is 0. The highest BCUT2D eigenvalue weighted by Gasteiger charge is 2.45. The molecule has 15 heteroatoms. The van der Waals surface area contributed by atoms with E-state index in [2.05, 4.69) is 25.1 Å². The highest BCUT2D eigenvalue weighted by atomic mass is 19.1. The number of amides is 2. The molecule has 0 spiro atoms. The maximum Gasteiger partial charge on any atom is 0.416 e. The van der Waals surface area contributed by atoms with E-state index in [1.165, 1.54) is 24.1 Å². The summed E-state index contributed by atoms with van der Waals surface area (Å²) in [4.78, 5) is 48.3. The van der Waals surface area contributed by atoms with Crippen molar-refractivity contribution in [2.24, 2.45) is 0 Å². The van der Waals surface area contributed by atoms with Gasteiger partial charge in [0.2, 0.25) is 5.91 Å². The number of nitrogens with zero attached hydrogens (tertiary/aromatic N) is 7. The molecule has 14 nitrogen and oxygen atoms in total. The number of rotatable bonds is 7. The Morgan fingerprint density at radius 1 is 1.23 bits per heavy atom. The lowest BCUT2D eigenvalue weighted by Crippen LogP contribution is -2.52. The molecule has 2 amide bonds. The molecule has 6 rings (SSSR count). The second kappa shape index (κ2) is 11.1. The number of carbonyl (C=O) groups excluding carboxylic acids is 2. The Kier molecular flexibility index (Phi) is 7.33. The normalized spacial score (nSPS) is 22.1. The van der Waals surface area contributed by atoms with Crippen LogP contribution >= 0.6 is 0 Å². The Morgan fingerprint density at radius 3 is 2.77 bits per heavy atom. The van der Waals surface area contributed by atoms with Gasteiger partial charge in [-0.25, -0.2) is 14.2 Å². The smallest absolute Gasteiger partial charge is 0.416 e. The van der Waals surface area contributed by atoms with Crippen LogP contribution in [0.3, 0.4) is 0 Å². The van der Waals surface area contributed by atoms with Gasteiger partial charge in [-0.1, -0.05) is 0 Å². The number of nitro groups is 1. The van der Waals surface area contributed by atoms with Crippen LogP contribution in [0, 0.1) is 15.9 Å². The lowest BCUT2D eigenvalue weighted by molar-refractivity contribution is -0.389. The average Bonchev–Trinajstić information content (AvgIpc) is 3.56. The van der Waals surface area contributed by atoms with Crippen molar-refractivity contribution in [3.63, 3.8) is 0 Å². The number of benzene rings is 1. The molecule has 2 atom stereocenters. The minimum Gasteiger partial charge on any atom is -0.442 e. The maximum absolute atomic E-state index is 15.2. The Bertz CT molecular complexity index is 1540. The van der Waals surface area contributed by atoms with Crippen molar-refractivity contribution in [3.05, 3.63) is 58.7 Å². The molecule has 0 radical (unpaired) electrons. The SMILES string of the molecule is CC(=O)NC[C@H]1CN(c2ccc(-c3ccc(N4CCCN(C5(C)Cn6cc([N+](=O)[O-])nc6O5)CC4)nc3)c(F)c2)C(=O)O1. The molecule has 2 aromatic heterocycles. The summed E-state index contributed by atoms with van der Waals surface area (Å²) in [5, 5.41) is 13.6. The van der Waals surface area contributed by atoms with Crippen LogP contribution in [0.1, 0.15) is 20.3 Å². The molecular formula is C28H31FN8O6. The first-order valence-electron chi connectivity index (χ1n) is 14.0. The first-order valence-corrected chi connectivity index (χ1v) is 14.0. The van der Waals surface area contributed by atoms with E-state index in [1.807, 2.05) is 19.1 Å². The highest BCUT2D eigenvalue weighted by molar-refractivity contribution is 5.90. The van der Waals surface area contributed by atoms with Crippen molar-refractivity contribution in [1.29, 1.82) is 0 Å². The van der Waals surface area contributed by atoms with Crippen LogP contribution < -0.4 is 19.9 Å². The number of nitrogens with one attached hydrogen (secondary N) is 1. The van der Waals surface area contributed by atoms with Gasteiger partial charge in [0.15, 0.2) is 5.72 Å². The largest absolute Gasteiger partial charge is 0.442 e. The van der Waals surface area contributed by atoms with Crippen LogP contribution in [-0.2, 0) is 16.1 Å². The van der Waals surface area contributed by atoms with Gasteiger partial charge in [-0.15, -0.1) is 0 Å². The standard InChI is InChI=1S/C28H31FN8O6/c1-18(38)30-14-21-15-36(27(39)42-21)20-5-6-22(23(29)12-20)19-4-7-24(31-13-19)33-8-3-9-35(11-10-33)28(2)17-34-16-25(37(40)41)32-26(34)43-28/h4-7,12-13,16,21H,3,8-11,14-15,17H2,1-2H3,(H,30,38)/t21-,28?/m0/s1. The third-order valence-electron chi connectivity index (χ3n) is 7.95. The third kappa shape index (κ3) is 5.67. The summed E-state index contributed by atoms with van der Waals surface area (Å²) in [5.74, 6) is -0.172. The summed E-state index contributed by atoms with van der Waals surface area (Å²) >= 11 is 0. The molecule has 226 valence electrons. The molecular weight excluding hydrogens is 563 g/mol. The molecule has 1 unspecified atom stereocenters. The van der Waals surface area contributed by atoms with Gasteiger partial charge in [0, 0.05) is 55.4 Å². The number of fused-ring (bicyclic) bond motifs is 1. The van der Waals surface area contributed by atoms with Gasteiger partial charge in [0.25, 0.3) is 0 Å². The number of aromatic nitrogens is 3. The predicted molar refractivity (Wildman–Crippen MR) is 152 cm³/mol. The Balaban J connectivity index is 1.08. The van der Waals surface area contributed by atoms with Crippen LogP contribution in [0.15, 0.2) is 42.7 Å². The summed E-state index contributed by atoms with van der Waals surface area (Å²) in [6.45, 7) is 7.11. The number of carbonyl (C=O) groups is 2. The quantitative estimate of drug-likeness (QED) is 0.320. The Hall–Kier alpha value is -4.79. The number of pyridine rings is 1. The molecule has 5 heterocycles. The third-order valence-corrected chi connectivity index (χ3v) is 7.95. The molecule has 3 aliphatic heterocycles. The number of anilines is 2. The van der Waals surface area contributed by atoms with E-state index in [-0.39, 0.29) is 30.8 Å². The van der Waals surface area contributed by atoms with E-state index >= 15 is 4.39 Å². The van der Waals surface area contributed by atoms with Crippen molar-refractivity contribution >= 4 is 29.3 Å². The molecule has 2 saturated heterocycles. The number of cyclic esters (lactones) is 1. The molecule has 0 aliphatic carbocycles. The molecule has 1 N–H and O–H groups in total. The number of hydrogen-bond donors (Lipinski definition) is 1. The van der Waals surface area contributed by atoms with Crippen LogP contribution in [-0.4, -0.2) is 87.5 Å². The van der Waals surface area contributed by atoms with E-state index in [9.17, 15) is 19.7 Å². The van der Waals surface area contributed by atoms with Crippen molar-refractivity contribution in [2.75, 3.05) is 49.1 Å². The summed E-state index contributed by atoms with van der Waals surface area (Å²) in [6.07, 6.45) is 2.79. The van der Waals surface area contributed by atoms with Crippen molar-refractivity contribution in [2.45, 2.75) is 38.6 Å². The number of ether oxygens (including phenoxy) is 2. The molecule has 3 aromatic rings. The first-order chi connectivity index (χ1) is 20.6. The minimum absolute atomic E-state index is 0.191. The van der Waals surface area contributed by atoms with E-state index in [1.54, 1.807) is 22.9 Å². The van der Waals surface area contributed by atoms with Gasteiger partial charge in [-0.2, -0.15) is 0 Å². The second-order valence-corrected chi connectivity index (χ2v) is 11.0.